The molecule has 0 aliphatic heterocycles. The fraction of sp³-hybridized carbons (Fsp3) is 0.235. The molecule has 0 unspecified atom stereocenters. The Balaban J connectivity index is 1.87. The lowest BCUT2D eigenvalue weighted by Gasteiger charge is -2.23. The molecule has 0 spiro atoms. The molecule has 1 heterocycles. The third kappa shape index (κ3) is 5.76. The van der Waals surface area contributed by atoms with Crippen molar-refractivity contribution < 1.29 is 18.8 Å². The molecule has 0 fully saturated rings. The van der Waals surface area contributed by atoms with Gasteiger partial charge in [-0.3, -0.25) is 19.4 Å². The van der Waals surface area contributed by atoms with E-state index in [1.165, 1.54) is 18.0 Å². The molecular formula is C17H18ClFN4O3. The summed E-state index contributed by atoms with van der Waals surface area (Å²) in [7, 11) is 0. The Morgan fingerprint density at radius 3 is 2.73 bits per heavy atom. The van der Waals surface area contributed by atoms with E-state index < -0.39 is 5.82 Å². The van der Waals surface area contributed by atoms with E-state index in [4.69, 9.17) is 16.4 Å². The summed E-state index contributed by atoms with van der Waals surface area (Å²) in [5, 5.41) is 2.81. The summed E-state index contributed by atoms with van der Waals surface area (Å²) in [5.74, 6) is -0.607. The maximum absolute atomic E-state index is 12.9. The Bertz CT molecular complexity index is 745. The Hall–Kier alpha value is -2.55. The van der Waals surface area contributed by atoms with Gasteiger partial charge in [0, 0.05) is 18.5 Å². The van der Waals surface area contributed by atoms with Crippen LogP contribution in [0.3, 0.4) is 0 Å². The molecule has 7 nitrogen and oxygen atoms in total. The third-order valence-electron chi connectivity index (χ3n) is 3.38. The fourth-order valence-corrected chi connectivity index (χ4v) is 2.25. The van der Waals surface area contributed by atoms with E-state index in [-0.39, 0.29) is 24.9 Å². The molecule has 0 aliphatic rings. The highest BCUT2D eigenvalue weighted by atomic mass is 35.5. The van der Waals surface area contributed by atoms with Gasteiger partial charge in [0.15, 0.2) is 5.82 Å². The van der Waals surface area contributed by atoms with Gasteiger partial charge in [-0.25, -0.2) is 14.8 Å². The van der Waals surface area contributed by atoms with Crippen LogP contribution < -0.4 is 10.5 Å². The number of hydrazine groups is 1. The summed E-state index contributed by atoms with van der Waals surface area (Å²) >= 11 is 6.08. The number of carbonyl (C=O) groups excluding carboxylic acids is 2. The first-order valence-electron chi connectivity index (χ1n) is 7.75. The van der Waals surface area contributed by atoms with Crippen LogP contribution in [-0.4, -0.2) is 35.5 Å². The molecule has 2 aromatic rings. The fourth-order valence-electron chi connectivity index (χ4n) is 2.05. The summed E-state index contributed by atoms with van der Waals surface area (Å²) in [6.45, 7) is 1.95. The molecule has 1 N–H and O–H groups in total. The predicted molar refractivity (Wildman–Crippen MR) is 94.4 cm³/mol. The average molecular weight is 381 g/mol. The number of amides is 2. The molecule has 1 aromatic heterocycles. The molecule has 0 atom stereocenters. The number of hydroxylamine groups is 1. The van der Waals surface area contributed by atoms with Crippen molar-refractivity contribution in [2.45, 2.75) is 13.5 Å². The van der Waals surface area contributed by atoms with Crippen LogP contribution in [0.25, 0.3) is 0 Å². The van der Waals surface area contributed by atoms with E-state index in [1.807, 2.05) is 18.2 Å². The number of rotatable bonds is 9. The summed E-state index contributed by atoms with van der Waals surface area (Å²) < 4.78 is 12.9. The molecule has 1 aromatic carbocycles. The van der Waals surface area contributed by atoms with Crippen molar-refractivity contribution >= 4 is 29.7 Å². The van der Waals surface area contributed by atoms with Gasteiger partial charge in [0.1, 0.15) is 5.82 Å². The second-order valence-electron chi connectivity index (χ2n) is 5.20. The Morgan fingerprint density at radius 1 is 1.35 bits per heavy atom. The number of benzene rings is 1. The number of hydrogen-bond acceptors (Lipinski definition) is 5. The van der Waals surface area contributed by atoms with Crippen LogP contribution in [0, 0.1) is 5.82 Å². The molecule has 0 bridgehead atoms. The predicted octanol–water partition coefficient (Wildman–Crippen LogP) is 2.32. The van der Waals surface area contributed by atoms with Crippen LogP contribution in [0.15, 0.2) is 42.6 Å². The van der Waals surface area contributed by atoms with Crippen molar-refractivity contribution in [1.82, 2.24) is 15.4 Å². The molecule has 2 amide bonds. The molecule has 26 heavy (non-hydrogen) atoms. The Morgan fingerprint density at radius 2 is 2.12 bits per heavy atom. The van der Waals surface area contributed by atoms with E-state index in [1.54, 1.807) is 6.07 Å². The largest absolute Gasteiger partial charge is 0.276 e. The zero-order valence-electron chi connectivity index (χ0n) is 14.1. The molecule has 0 saturated heterocycles. The van der Waals surface area contributed by atoms with Crippen molar-refractivity contribution in [3.05, 3.63) is 59.0 Å². The smallest absolute Gasteiger partial charge is 0.239 e. The zero-order valence-corrected chi connectivity index (χ0v) is 14.8. The summed E-state index contributed by atoms with van der Waals surface area (Å²) in [6.07, 6.45) is 1.39. The maximum atomic E-state index is 12.9. The number of pyridine rings is 1. The van der Waals surface area contributed by atoms with Crippen LogP contribution in [0.2, 0.25) is 5.02 Å². The standard InChI is InChI=1S/C17H18ClFN4O3/c1-13(25)22(21-10-14-4-2-3-5-16(14)18)8-9-26-23(12-24)17-7-6-15(19)11-20-17/h2-7,11-12,21H,8-10H2,1H3. The van der Waals surface area contributed by atoms with Gasteiger partial charge in [-0.2, -0.15) is 5.06 Å². The highest BCUT2D eigenvalue weighted by Gasteiger charge is 2.12. The van der Waals surface area contributed by atoms with E-state index in [0.717, 1.165) is 22.9 Å². The van der Waals surface area contributed by atoms with E-state index in [0.29, 0.717) is 18.0 Å². The number of carbonyl (C=O) groups is 2. The van der Waals surface area contributed by atoms with Crippen molar-refractivity contribution in [3.8, 4) is 0 Å². The first kappa shape index (κ1) is 19.8. The molecule has 9 heteroatoms. The quantitative estimate of drug-likeness (QED) is 0.534. The minimum Gasteiger partial charge on any atom is -0.276 e. The molecule has 0 aliphatic carbocycles. The van der Waals surface area contributed by atoms with Crippen molar-refractivity contribution in [1.29, 1.82) is 0 Å². The van der Waals surface area contributed by atoms with Gasteiger partial charge in [0.2, 0.25) is 12.3 Å². The van der Waals surface area contributed by atoms with Crippen molar-refractivity contribution in [2.24, 2.45) is 0 Å². The van der Waals surface area contributed by atoms with Crippen LogP contribution in [0.1, 0.15) is 12.5 Å². The normalized spacial score (nSPS) is 10.4. The van der Waals surface area contributed by atoms with Gasteiger partial charge in [0.05, 0.1) is 19.3 Å². The maximum Gasteiger partial charge on any atom is 0.239 e. The van der Waals surface area contributed by atoms with E-state index in [2.05, 4.69) is 10.4 Å². The second kappa shape index (κ2) is 9.81. The third-order valence-corrected chi connectivity index (χ3v) is 3.75. The van der Waals surface area contributed by atoms with Gasteiger partial charge in [0.25, 0.3) is 0 Å². The average Bonchev–Trinajstić information content (AvgIpc) is 2.63. The molecule has 138 valence electrons. The van der Waals surface area contributed by atoms with Gasteiger partial charge in [-0.05, 0) is 23.8 Å². The minimum absolute atomic E-state index is 0.0207. The molecule has 0 radical (unpaired) electrons. The highest BCUT2D eigenvalue weighted by molar-refractivity contribution is 6.31. The van der Waals surface area contributed by atoms with E-state index in [9.17, 15) is 14.0 Å². The molecular weight excluding hydrogens is 363 g/mol. The molecule has 0 saturated carbocycles. The number of hydrogen-bond donors (Lipinski definition) is 1. The first-order valence-corrected chi connectivity index (χ1v) is 8.13. The van der Waals surface area contributed by atoms with Gasteiger partial charge >= 0.3 is 0 Å². The number of nitrogens with zero attached hydrogens (tertiary/aromatic N) is 3. The topological polar surface area (TPSA) is 74.8 Å². The van der Waals surface area contributed by atoms with Gasteiger partial charge in [-0.1, -0.05) is 29.8 Å². The Labute approximate surface area is 155 Å². The zero-order chi connectivity index (χ0) is 18.9. The summed E-state index contributed by atoms with van der Waals surface area (Å²) in [5.41, 5.74) is 3.80. The number of nitrogens with one attached hydrogen (secondary N) is 1. The Kier molecular flexibility index (Phi) is 7.46. The monoisotopic (exact) mass is 380 g/mol. The number of halogens is 2. The van der Waals surface area contributed by atoms with Gasteiger partial charge < -0.3 is 0 Å². The van der Waals surface area contributed by atoms with Crippen molar-refractivity contribution in [2.75, 3.05) is 18.2 Å². The lowest BCUT2D eigenvalue weighted by Crippen LogP contribution is -2.44. The number of anilines is 1. The SMILES string of the molecule is CC(=O)N(CCON(C=O)c1ccc(F)cn1)NCc1ccccc1Cl. The summed E-state index contributed by atoms with van der Waals surface area (Å²) in [4.78, 5) is 31.9. The van der Waals surface area contributed by atoms with Crippen LogP contribution in [-0.2, 0) is 21.0 Å². The van der Waals surface area contributed by atoms with Gasteiger partial charge in [-0.15, -0.1) is 0 Å². The first-order chi connectivity index (χ1) is 12.5. The van der Waals surface area contributed by atoms with Crippen molar-refractivity contribution in [3.63, 3.8) is 0 Å². The van der Waals surface area contributed by atoms with Crippen LogP contribution >= 0.6 is 11.6 Å². The number of aromatic nitrogens is 1. The van der Waals surface area contributed by atoms with Crippen LogP contribution in [0.5, 0.6) is 0 Å². The molecule has 2 rings (SSSR count). The second-order valence-corrected chi connectivity index (χ2v) is 5.60. The minimum atomic E-state index is -0.522. The lowest BCUT2D eigenvalue weighted by molar-refractivity contribution is -0.133. The highest BCUT2D eigenvalue weighted by Crippen LogP contribution is 2.14. The lowest BCUT2D eigenvalue weighted by atomic mass is 10.2. The summed E-state index contributed by atoms with van der Waals surface area (Å²) in [6, 6.07) is 9.74. The van der Waals surface area contributed by atoms with Crippen LogP contribution in [0.4, 0.5) is 10.2 Å². The van der Waals surface area contributed by atoms with E-state index >= 15 is 0 Å².